The lowest BCUT2D eigenvalue weighted by Gasteiger charge is -2.25. The Hall–Kier alpha value is -0.720. The van der Waals surface area contributed by atoms with Gasteiger partial charge in [0.25, 0.3) is 0 Å². The van der Waals surface area contributed by atoms with Crippen LogP contribution in [-0.2, 0) is 33.7 Å². The summed E-state index contributed by atoms with van der Waals surface area (Å²) in [5.41, 5.74) is 2.44. The van der Waals surface area contributed by atoms with E-state index >= 15 is 0 Å². The summed E-state index contributed by atoms with van der Waals surface area (Å²) in [4.78, 5) is 0.390. The van der Waals surface area contributed by atoms with Crippen molar-refractivity contribution in [2.75, 3.05) is 24.6 Å². The van der Waals surface area contributed by atoms with Crippen LogP contribution < -0.4 is 0 Å². The molecule has 0 aromatic heterocycles. The number of sulfonamides is 1. The third-order valence-corrected chi connectivity index (χ3v) is 7.01. The first-order chi connectivity index (χ1) is 9.07. The predicted octanol–water partition coefficient (Wildman–Crippen LogP) is 0.928. The van der Waals surface area contributed by atoms with E-state index in [0.29, 0.717) is 29.5 Å². The van der Waals surface area contributed by atoms with Crippen molar-refractivity contribution in [2.24, 2.45) is 0 Å². The second-order valence-corrected chi connectivity index (χ2v) is 8.67. The molecular weight excluding hydrogens is 282 g/mol. The lowest BCUT2D eigenvalue weighted by Crippen LogP contribution is -2.41. The number of rotatable bonds is 2. The Labute approximate surface area is 116 Å². The van der Waals surface area contributed by atoms with E-state index in [1.807, 2.05) is 12.1 Å². The van der Waals surface area contributed by atoms with Crippen LogP contribution in [0.25, 0.3) is 0 Å². The molecule has 0 N–H and O–H groups in total. The highest BCUT2D eigenvalue weighted by Gasteiger charge is 2.28. The van der Waals surface area contributed by atoms with Gasteiger partial charge in [0.05, 0.1) is 4.90 Å². The molecule has 104 valence electrons. The fourth-order valence-corrected chi connectivity index (χ4v) is 5.50. The maximum atomic E-state index is 12.5. The fourth-order valence-electron chi connectivity index (χ4n) is 2.72. The number of nitrogens with zero attached hydrogens (tertiary/aromatic N) is 1. The van der Waals surface area contributed by atoms with Gasteiger partial charge in [-0.1, -0.05) is 6.07 Å². The molecule has 1 fully saturated rings. The van der Waals surface area contributed by atoms with Crippen LogP contribution in [-0.4, -0.2) is 41.5 Å². The van der Waals surface area contributed by atoms with E-state index in [2.05, 4.69) is 0 Å². The smallest absolute Gasteiger partial charge is 0.243 e. The molecule has 1 aliphatic heterocycles. The number of fused-ring (bicyclic) bond motifs is 1. The lowest BCUT2D eigenvalue weighted by molar-refractivity contribution is 0.438. The minimum absolute atomic E-state index is 0.367. The molecule has 19 heavy (non-hydrogen) atoms. The molecule has 3 rings (SSSR count). The van der Waals surface area contributed by atoms with Crippen molar-refractivity contribution in [2.45, 2.75) is 24.2 Å². The van der Waals surface area contributed by atoms with Crippen molar-refractivity contribution in [1.82, 2.24) is 4.31 Å². The van der Waals surface area contributed by atoms with Gasteiger partial charge in [-0.2, -0.15) is 4.31 Å². The van der Waals surface area contributed by atoms with Crippen LogP contribution in [0.5, 0.6) is 0 Å². The number of hydrogen-bond donors (Lipinski definition) is 0. The third kappa shape index (κ3) is 2.49. The molecule has 0 bridgehead atoms. The van der Waals surface area contributed by atoms with Gasteiger partial charge in [-0.25, -0.2) is 8.42 Å². The lowest BCUT2D eigenvalue weighted by atomic mass is 10.1. The molecule has 1 heterocycles. The second kappa shape index (κ2) is 5.00. The summed E-state index contributed by atoms with van der Waals surface area (Å²) in [6, 6.07) is 5.48. The molecule has 2 aliphatic rings. The molecule has 0 amide bonds. The SMILES string of the molecule is O=S1CCN(S(=O)(=O)c2ccc3c(c2)CCC3)CC1. The van der Waals surface area contributed by atoms with Crippen LogP contribution in [0.2, 0.25) is 0 Å². The first kappa shape index (κ1) is 13.3. The zero-order valence-corrected chi connectivity index (χ0v) is 12.3. The van der Waals surface area contributed by atoms with E-state index in [1.54, 1.807) is 6.07 Å². The van der Waals surface area contributed by atoms with E-state index in [1.165, 1.54) is 15.4 Å². The second-order valence-electron chi connectivity index (χ2n) is 5.04. The number of hydrogen-bond acceptors (Lipinski definition) is 3. The molecule has 1 saturated heterocycles. The highest BCUT2D eigenvalue weighted by atomic mass is 32.2. The molecule has 0 unspecified atom stereocenters. The minimum atomic E-state index is -3.41. The van der Waals surface area contributed by atoms with Crippen molar-refractivity contribution < 1.29 is 12.6 Å². The molecule has 1 aromatic rings. The summed E-state index contributed by atoms with van der Waals surface area (Å²) >= 11 is 0. The van der Waals surface area contributed by atoms with Crippen LogP contribution in [0.4, 0.5) is 0 Å². The summed E-state index contributed by atoms with van der Waals surface area (Å²) < 4.78 is 37.8. The van der Waals surface area contributed by atoms with Gasteiger partial charge in [-0.05, 0) is 42.5 Å². The summed E-state index contributed by atoms with van der Waals surface area (Å²) in [5, 5.41) is 0. The molecule has 0 atom stereocenters. The van der Waals surface area contributed by atoms with Gasteiger partial charge in [0, 0.05) is 35.4 Å². The quantitative estimate of drug-likeness (QED) is 0.816. The average Bonchev–Trinajstić information content (AvgIpc) is 2.86. The third-order valence-electron chi connectivity index (χ3n) is 3.84. The molecule has 1 aromatic carbocycles. The van der Waals surface area contributed by atoms with E-state index in [0.717, 1.165) is 19.3 Å². The Morgan fingerprint density at radius 3 is 2.47 bits per heavy atom. The number of aryl methyl sites for hydroxylation is 2. The average molecular weight is 299 g/mol. The Morgan fingerprint density at radius 1 is 1.05 bits per heavy atom. The van der Waals surface area contributed by atoms with E-state index < -0.39 is 20.8 Å². The summed E-state index contributed by atoms with van der Waals surface area (Å²) in [7, 11) is -4.27. The van der Waals surface area contributed by atoms with Gasteiger partial charge >= 0.3 is 0 Å². The van der Waals surface area contributed by atoms with Gasteiger partial charge in [-0.3, -0.25) is 4.21 Å². The maximum absolute atomic E-state index is 12.5. The highest BCUT2D eigenvalue weighted by Crippen LogP contribution is 2.26. The Balaban J connectivity index is 1.90. The van der Waals surface area contributed by atoms with Crippen molar-refractivity contribution in [3.63, 3.8) is 0 Å². The molecule has 0 spiro atoms. The number of benzene rings is 1. The van der Waals surface area contributed by atoms with Crippen LogP contribution in [0.3, 0.4) is 0 Å². The zero-order chi connectivity index (χ0) is 13.5. The van der Waals surface area contributed by atoms with Gasteiger partial charge in [0.2, 0.25) is 10.0 Å². The standard InChI is InChI=1S/C13H17NO3S2/c15-18-8-6-14(7-9-18)19(16,17)13-5-4-11-2-1-3-12(11)10-13/h4-5,10H,1-3,6-9H2. The molecule has 1 aliphatic carbocycles. The van der Waals surface area contributed by atoms with E-state index in [4.69, 9.17) is 0 Å². The zero-order valence-electron chi connectivity index (χ0n) is 10.7. The topological polar surface area (TPSA) is 54.5 Å². The van der Waals surface area contributed by atoms with Crippen molar-refractivity contribution >= 4 is 20.8 Å². The molecule has 6 heteroatoms. The van der Waals surface area contributed by atoms with E-state index in [9.17, 15) is 12.6 Å². The highest BCUT2D eigenvalue weighted by molar-refractivity contribution is 7.89. The van der Waals surface area contributed by atoms with Crippen molar-refractivity contribution in [3.8, 4) is 0 Å². The van der Waals surface area contributed by atoms with Crippen molar-refractivity contribution in [1.29, 1.82) is 0 Å². The van der Waals surface area contributed by atoms with Crippen LogP contribution in [0.15, 0.2) is 23.1 Å². The Bertz CT molecular complexity index is 615. The largest absolute Gasteiger partial charge is 0.259 e. The van der Waals surface area contributed by atoms with Gasteiger partial charge in [-0.15, -0.1) is 0 Å². The van der Waals surface area contributed by atoms with Crippen LogP contribution in [0, 0.1) is 0 Å². The fraction of sp³-hybridized carbons (Fsp3) is 0.538. The van der Waals surface area contributed by atoms with Crippen LogP contribution in [0.1, 0.15) is 17.5 Å². The molecule has 4 nitrogen and oxygen atoms in total. The van der Waals surface area contributed by atoms with Gasteiger partial charge in [0.1, 0.15) is 0 Å². The normalized spacial score (nSPS) is 21.5. The summed E-state index contributed by atoms with van der Waals surface area (Å²) in [6.45, 7) is 0.734. The van der Waals surface area contributed by atoms with E-state index in [-0.39, 0.29) is 0 Å². The van der Waals surface area contributed by atoms with Gasteiger partial charge in [0.15, 0.2) is 0 Å². The van der Waals surface area contributed by atoms with Crippen molar-refractivity contribution in [3.05, 3.63) is 29.3 Å². The summed E-state index contributed by atoms with van der Waals surface area (Å²) in [6.07, 6.45) is 3.14. The monoisotopic (exact) mass is 299 g/mol. The minimum Gasteiger partial charge on any atom is -0.259 e. The maximum Gasteiger partial charge on any atom is 0.243 e. The first-order valence-corrected chi connectivity index (χ1v) is 9.47. The van der Waals surface area contributed by atoms with Crippen LogP contribution >= 0.6 is 0 Å². The Morgan fingerprint density at radius 2 is 1.74 bits per heavy atom. The molecule has 0 saturated carbocycles. The predicted molar refractivity (Wildman–Crippen MR) is 75.1 cm³/mol. The molecule has 0 radical (unpaired) electrons. The first-order valence-electron chi connectivity index (χ1n) is 6.54. The summed E-state index contributed by atoms with van der Waals surface area (Å²) in [5.74, 6) is 0.897. The molecular formula is C13H17NO3S2. The van der Waals surface area contributed by atoms with Gasteiger partial charge < -0.3 is 0 Å². The Kier molecular flexibility index (Phi) is 3.49.